The van der Waals surface area contributed by atoms with E-state index in [9.17, 15) is 0 Å². The van der Waals surface area contributed by atoms with Gasteiger partial charge in [0.2, 0.25) is 0 Å². The van der Waals surface area contributed by atoms with Crippen molar-refractivity contribution in [2.75, 3.05) is 0 Å². The monoisotopic (exact) mass is 380 g/mol. The number of hydrogen-bond donors (Lipinski definition) is 0. The SMILES string of the molecule is CC1=CC(C)=[N+]2C1=C(c1csc3ccccc13)c1c(C)cc(C)n1[B-]2(F)F. The first kappa shape index (κ1) is 16.7. The fourth-order valence-electron chi connectivity index (χ4n) is 4.73. The van der Waals surface area contributed by atoms with E-state index >= 15 is 8.63 Å². The van der Waals surface area contributed by atoms with Gasteiger partial charge in [0.15, 0.2) is 5.70 Å². The zero-order valence-electron chi connectivity index (χ0n) is 15.7. The van der Waals surface area contributed by atoms with Crippen LogP contribution in [0.4, 0.5) is 8.63 Å². The van der Waals surface area contributed by atoms with Crippen molar-refractivity contribution >= 4 is 39.7 Å². The molecule has 0 N–H and O–H groups in total. The predicted octanol–water partition coefficient (Wildman–Crippen LogP) is 5.75. The van der Waals surface area contributed by atoms with Gasteiger partial charge in [-0.25, -0.2) is 0 Å². The maximum atomic E-state index is 15.6. The van der Waals surface area contributed by atoms with Crippen LogP contribution in [-0.2, 0) is 0 Å². The van der Waals surface area contributed by atoms with Crippen LogP contribution in [0.25, 0.3) is 15.7 Å². The van der Waals surface area contributed by atoms with E-state index in [1.165, 1.54) is 13.7 Å². The third-order valence-corrected chi connectivity index (χ3v) is 6.65. The molecule has 27 heavy (non-hydrogen) atoms. The fourth-order valence-corrected chi connectivity index (χ4v) is 5.68. The van der Waals surface area contributed by atoms with Crippen molar-refractivity contribution in [2.24, 2.45) is 0 Å². The summed E-state index contributed by atoms with van der Waals surface area (Å²) in [5, 5.41) is 3.22. The number of aromatic nitrogens is 1. The van der Waals surface area contributed by atoms with Gasteiger partial charge < -0.3 is 17.6 Å². The van der Waals surface area contributed by atoms with Gasteiger partial charge in [-0.05, 0) is 44.2 Å². The molecule has 6 heteroatoms. The van der Waals surface area contributed by atoms with Crippen molar-refractivity contribution in [3.8, 4) is 0 Å². The van der Waals surface area contributed by atoms with Crippen LogP contribution in [0.2, 0.25) is 0 Å². The second-order valence-electron chi connectivity index (χ2n) is 7.48. The van der Waals surface area contributed by atoms with E-state index in [-0.39, 0.29) is 0 Å². The Morgan fingerprint density at radius 1 is 1.07 bits per heavy atom. The lowest BCUT2D eigenvalue weighted by molar-refractivity contribution is -0.363. The normalized spacial score (nSPS) is 18.2. The number of allylic oxidation sites excluding steroid dienone is 2. The van der Waals surface area contributed by atoms with E-state index in [1.807, 2.05) is 38.1 Å². The summed E-state index contributed by atoms with van der Waals surface area (Å²) in [4.78, 5) is 0. The number of hydrogen-bond acceptors (Lipinski definition) is 1. The van der Waals surface area contributed by atoms with Crippen LogP contribution < -0.4 is 0 Å². The molecule has 0 fully saturated rings. The van der Waals surface area contributed by atoms with E-state index in [0.29, 0.717) is 22.8 Å². The van der Waals surface area contributed by atoms with Crippen LogP contribution in [0.15, 0.2) is 53.1 Å². The molecule has 0 amide bonds. The van der Waals surface area contributed by atoms with E-state index in [4.69, 9.17) is 0 Å². The first-order valence-corrected chi connectivity index (χ1v) is 9.94. The minimum atomic E-state index is -3.92. The van der Waals surface area contributed by atoms with Gasteiger partial charge in [0.1, 0.15) is 5.71 Å². The van der Waals surface area contributed by atoms with Crippen molar-refractivity contribution in [3.63, 3.8) is 0 Å². The van der Waals surface area contributed by atoms with E-state index in [2.05, 4.69) is 17.5 Å². The smallest absolute Gasteiger partial charge is 0.393 e. The van der Waals surface area contributed by atoms with Gasteiger partial charge in [0.05, 0.1) is 5.57 Å². The van der Waals surface area contributed by atoms with E-state index in [1.54, 1.807) is 25.2 Å². The number of nitrogens with zero attached hydrogens (tertiary/aromatic N) is 2. The zero-order chi connectivity index (χ0) is 19.1. The Morgan fingerprint density at radius 2 is 1.81 bits per heavy atom. The highest BCUT2D eigenvalue weighted by atomic mass is 32.1. The van der Waals surface area contributed by atoms with Gasteiger partial charge >= 0.3 is 6.97 Å². The van der Waals surface area contributed by atoms with Gasteiger partial charge in [-0.2, -0.15) is 0 Å². The summed E-state index contributed by atoms with van der Waals surface area (Å²) < 4.78 is 35.0. The topological polar surface area (TPSA) is 7.94 Å². The molecule has 0 aliphatic carbocycles. The molecular formula is C21H19BF2N2S. The number of aryl methyl sites for hydroxylation is 2. The molecule has 2 aliphatic heterocycles. The summed E-state index contributed by atoms with van der Waals surface area (Å²) in [6, 6.07) is 10.1. The Balaban J connectivity index is 1.98. The number of halogens is 2. The van der Waals surface area contributed by atoms with Gasteiger partial charge in [0, 0.05) is 45.3 Å². The summed E-state index contributed by atoms with van der Waals surface area (Å²) in [5.41, 5.74) is 6.22. The first-order chi connectivity index (χ1) is 12.8. The minimum absolute atomic E-state index is 0.598. The second-order valence-corrected chi connectivity index (χ2v) is 8.39. The summed E-state index contributed by atoms with van der Waals surface area (Å²) in [7, 11) is 0. The molecule has 4 heterocycles. The highest BCUT2D eigenvalue weighted by Crippen LogP contribution is 2.46. The Kier molecular flexibility index (Phi) is 3.27. The Bertz CT molecular complexity index is 1240. The standard InChI is InChI=1S/C21H19BF2N2S/c1-12-9-14(3)25-20(12)19(17-11-27-18-8-6-5-7-16(17)18)21-13(2)10-15(4)26(21)22(25,23)24/h5-11H,1-4H3. The quantitative estimate of drug-likeness (QED) is 0.475. The molecule has 2 nitrogen and oxygen atoms in total. The predicted molar refractivity (Wildman–Crippen MR) is 110 cm³/mol. The lowest BCUT2D eigenvalue weighted by Crippen LogP contribution is -2.51. The molecule has 0 spiro atoms. The van der Waals surface area contributed by atoms with E-state index in [0.717, 1.165) is 27.7 Å². The molecule has 3 aromatic rings. The molecule has 136 valence electrons. The molecule has 0 saturated heterocycles. The lowest BCUT2D eigenvalue weighted by Gasteiger charge is -2.33. The largest absolute Gasteiger partial charge is 0.737 e. The number of benzene rings is 1. The van der Waals surface area contributed by atoms with Crippen LogP contribution in [-0.4, -0.2) is 21.6 Å². The summed E-state index contributed by atoms with van der Waals surface area (Å²) in [5.74, 6) is 0. The zero-order valence-corrected chi connectivity index (χ0v) is 16.5. The molecular weight excluding hydrogens is 361 g/mol. The van der Waals surface area contributed by atoms with Gasteiger partial charge in [-0.1, -0.05) is 18.2 Å². The van der Waals surface area contributed by atoms with Crippen molar-refractivity contribution in [2.45, 2.75) is 27.7 Å². The minimum Gasteiger partial charge on any atom is -0.393 e. The maximum absolute atomic E-state index is 15.6. The number of thiophene rings is 1. The van der Waals surface area contributed by atoms with Crippen LogP contribution in [0, 0.1) is 13.8 Å². The average Bonchev–Trinajstić information content (AvgIpc) is 3.24. The molecule has 2 aliphatic rings. The molecule has 0 radical (unpaired) electrons. The fraction of sp³-hybridized carbons (Fsp3) is 0.190. The van der Waals surface area contributed by atoms with Crippen LogP contribution in [0.3, 0.4) is 0 Å². The Hall–Kier alpha value is -2.47. The lowest BCUT2D eigenvalue weighted by atomic mass is 9.84. The van der Waals surface area contributed by atoms with Gasteiger partial charge in [-0.3, -0.25) is 0 Å². The number of fused-ring (bicyclic) bond motifs is 3. The van der Waals surface area contributed by atoms with Crippen molar-refractivity contribution in [1.82, 2.24) is 4.48 Å². The van der Waals surface area contributed by atoms with Crippen LogP contribution >= 0.6 is 11.3 Å². The second kappa shape index (κ2) is 5.29. The maximum Gasteiger partial charge on any atom is 0.737 e. The highest BCUT2D eigenvalue weighted by molar-refractivity contribution is 7.17. The summed E-state index contributed by atoms with van der Waals surface area (Å²) in [6.07, 6.45) is 1.87. The Morgan fingerprint density at radius 3 is 2.59 bits per heavy atom. The van der Waals surface area contributed by atoms with Crippen molar-refractivity contribution in [1.29, 1.82) is 0 Å². The molecule has 2 aromatic heterocycles. The van der Waals surface area contributed by atoms with Crippen LogP contribution in [0.1, 0.15) is 36.4 Å². The van der Waals surface area contributed by atoms with Gasteiger partial charge in [-0.15, -0.1) is 11.3 Å². The Labute approximate surface area is 160 Å². The van der Waals surface area contributed by atoms with Crippen LogP contribution in [0.5, 0.6) is 0 Å². The molecule has 0 atom stereocenters. The molecule has 1 aromatic carbocycles. The molecule has 5 rings (SSSR count). The average molecular weight is 380 g/mol. The van der Waals surface area contributed by atoms with Gasteiger partial charge in [0.25, 0.3) is 0 Å². The molecule has 0 unspecified atom stereocenters. The van der Waals surface area contributed by atoms with Crippen molar-refractivity contribution in [3.05, 3.63) is 75.6 Å². The van der Waals surface area contributed by atoms with Crippen molar-refractivity contribution < 1.29 is 13.1 Å². The molecule has 0 saturated carbocycles. The summed E-state index contributed by atoms with van der Waals surface area (Å²) in [6.45, 7) is 3.48. The summed E-state index contributed by atoms with van der Waals surface area (Å²) >= 11 is 1.66. The first-order valence-electron chi connectivity index (χ1n) is 9.06. The number of rotatable bonds is 1. The third kappa shape index (κ3) is 2.02. The highest BCUT2D eigenvalue weighted by Gasteiger charge is 2.55. The third-order valence-electron chi connectivity index (χ3n) is 5.68. The van der Waals surface area contributed by atoms with E-state index < -0.39 is 6.97 Å². The molecule has 0 bridgehead atoms.